The average Bonchev–Trinajstić information content (AvgIpc) is 3.24. The molecule has 0 bridgehead atoms. The number of pyridine rings is 1. The number of ether oxygens (including phenoxy) is 1. The summed E-state index contributed by atoms with van der Waals surface area (Å²) in [7, 11) is 0. The van der Waals surface area contributed by atoms with Gasteiger partial charge in [0.25, 0.3) is 0 Å². The third kappa shape index (κ3) is 5.83. The molecular weight excluding hydrogens is 474 g/mol. The van der Waals surface area contributed by atoms with Crippen LogP contribution in [0.2, 0.25) is 0 Å². The first-order chi connectivity index (χ1) is 17.5. The van der Waals surface area contributed by atoms with Crippen LogP contribution < -0.4 is 15.4 Å². The molecule has 0 unspecified atom stereocenters. The lowest BCUT2D eigenvalue weighted by atomic mass is 9.96. The largest absolute Gasteiger partial charge is 0.494 e. The van der Waals surface area contributed by atoms with Gasteiger partial charge in [-0.3, -0.25) is 9.78 Å². The molecule has 3 aromatic rings. The minimum Gasteiger partial charge on any atom is -0.494 e. The van der Waals surface area contributed by atoms with Gasteiger partial charge in [0.15, 0.2) is 0 Å². The van der Waals surface area contributed by atoms with Crippen molar-refractivity contribution in [3.8, 4) is 11.8 Å². The van der Waals surface area contributed by atoms with Gasteiger partial charge in [0.2, 0.25) is 5.91 Å². The highest BCUT2D eigenvalue weighted by molar-refractivity contribution is 7.16. The summed E-state index contributed by atoms with van der Waals surface area (Å²) in [6, 6.07) is 13.6. The van der Waals surface area contributed by atoms with Crippen molar-refractivity contribution in [1.82, 2.24) is 15.2 Å². The molecule has 186 valence electrons. The van der Waals surface area contributed by atoms with Crippen LogP contribution >= 0.6 is 11.3 Å². The van der Waals surface area contributed by atoms with Crippen LogP contribution in [-0.2, 0) is 24.3 Å². The molecule has 1 aliphatic rings. The summed E-state index contributed by atoms with van der Waals surface area (Å²) in [6.07, 6.45) is 4.25. The fourth-order valence-electron chi connectivity index (χ4n) is 4.32. The first kappa shape index (κ1) is 25.2. The number of hydrogen-bond acceptors (Lipinski definition) is 6. The van der Waals surface area contributed by atoms with Crippen molar-refractivity contribution in [2.24, 2.45) is 0 Å². The van der Waals surface area contributed by atoms with Crippen molar-refractivity contribution in [2.75, 3.05) is 18.5 Å². The minimum absolute atomic E-state index is 0.0492. The molecule has 3 heterocycles. The van der Waals surface area contributed by atoms with Crippen molar-refractivity contribution in [1.29, 1.82) is 5.26 Å². The number of amides is 3. The number of para-hydroxylation sites is 1. The summed E-state index contributed by atoms with van der Waals surface area (Å²) < 4.78 is 5.71. The second-order valence-electron chi connectivity index (χ2n) is 8.64. The number of carbonyl (C=O) groups is 2. The van der Waals surface area contributed by atoms with Gasteiger partial charge in [-0.2, -0.15) is 5.26 Å². The second-order valence-corrected chi connectivity index (χ2v) is 9.74. The molecule has 4 rings (SSSR count). The molecule has 1 aromatic carbocycles. The fraction of sp³-hybridized carbons (Fsp3) is 0.333. The van der Waals surface area contributed by atoms with Gasteiger partial charge < -0.3 is 20.3 Å². The van der Waals surface area contributed by atoms with Gasteiger partial charge in [-0.15, -0.1) is 11.3 Å². The molecule has 8 nitrogen and oxygen atoms in total. The minimum atomic E-state index is -0.163. The Bertz CT molecular complexity index is 1270. The van der Waals surface area contributed by atoms with Gasteiger partial charge >= 0.3 is 6.03 Å². The smallest absolute Gasteiger partial charge is 0.318 e. The number of fused-ring (bicyclic) bond motifs is 1. The van der Waals surface area contributed by atoms with Crippen molar-refractivity contribution in [3.63, 3.8) is 0 Å². The van der Waals surface area contributed by atoms with E-state index in [9.17, 15) is 14.9 Å². The van der Waals surface area contributed by atoms with Gasteiger partial charge in [-0.05, 0) is 48.1 Å². The SMILES string of the molecule is CCOc1ccccc1[C@H](C)CC(=O)Nc1sc2c(c1C#N)CCN(C(=O)NCc1cccnc1)C2. The molecule has 0 aliphatic carbocycles. The first-order valence-corrected chi connectivity index (χ1v) is 12.8. The molecular formula is C27H29N5O3S. The van der Waals surface area contributed by atoms with Crippen molar-refractivity contribution in [2.45, 2.75) is 45.7 Å². The Kier molecular flexibility index (Phi) is 8.18. The Balaban J connectivity index is 1.40. The predicted octanol–water partition coefficient (Wildman–Crippen LogP) is 4.81. The van der Waals surface area contributed by atoms with Crippen LogP contribution in [0.15, 0.2) is 48.8 Å². The van der Waals surface area contributed by atoms with E-state index in [1.807, 2.05) is 50.2 Å². The molecule has 1 aliphatic heterocycles. The molecule has 0 saturated carbocycles. The number of carbonyl (C=O) groups excluding carboxylic acids is 2. The van der Waals surface area contributed by atoms with Gasteiger partial charge in [0.1, 0.15) is 16.8 Å². The van der Waals surface area contributed by atoms with Crippen molar-refractivity contribution < 1.29 is 14.3 Å². The van der Waals surface area contributed by atoms with E-state index in [1.165, 1.54) is 11.3 Å². The number of hydrogen-bond donors (Lipinski definition) is 2. The number of benzene rings is 1. The standard InChI is InChI=1S/C27H29N5O3S/c1-3-35-23-9-5-4-8-20(23)18(2)13-25(33)31-26-22(14-28)21-10-12-32(17-24(21)36-26)27(34)30-16-19-7-6-11-29-15-19/h4-9,11,15,18H,3,10,12-13,16-17H2,1-2H3,(H,30,34)(H,31,33)/t18-/m1/s1. The summed E-state index contributed by atoms with van der Waals surface area (Å²) >= 11 is 1.37. The normalized spacial score (nSPS) is 13.3. The molecule has 0 radical (unpaired) electrons. The number of nitrogens with zero attached hydrogens (tertiary/aromatic N) is 3. The van der Waals surface area contributed by atoms with E-state index in [4.69, 9.17) is 4.74 Å². The Hall–Kier alpha value is -3.90. The van der Waals surface area contributed by atoms with Crippen LogP contribution in [0, 0.1) is 11.3 Å². The lowest BCUT2D eigenvalue weighted by molar-refractivity contribution is -0.116. The molecule has 9 heteroatoms. The van der Waals surface area contributed by atoms with E-state index in [2.05, 4.69) is 21.7 Å². The molecule has 0 saturated heterocycles. The Morgan fingerprint density at radius 2 is 2.11 bits per heavy atom. The highest BCUT2D eigenvalue weighted by atomic mass is 32.1. The Morgan fingerprint density at radius 3 is 2.86 bits per heavy atom. The Labute approximate surface area is 214 Å². The maximum Gasteiger partial charge on any atom is 0.318 e. The van der Waals surface area contributed by atoms with Gasteiger partial charge in [-0.1, -0.05) is 31.2 Å². The lowest BCUT2D eigenvalue weighted by Crippen LogP contribution is -2.42. The van der Waals surface area contributed by atoms with E-state index in [1.54, 1.807) is 17.3 Å². The number of aromatic nitrogens is 1. The number of rotatable bonds is 8. The lowest BCUT2D eigenvalue weighted by Gasteiger charge is -2.27. The number of urea groups is 1. The van der Waals surface area contributed by atoms with E-state index in [0.29, 0.717) is 43.2 Å². The van der Waals surface area contributed by atoms with E-state index < -0.39 is 0 Å². The van der Waals surface area contributed by atoms with Crippen LogP contribution in [0.3, 0.4) is 0 Å². The Morgan fingerprint density at radius 1 is 1.28 bits per heavy atom. The van der Waals surface area contributed by atoms with Gasteiger partial charge in [0, 0.05) is 36.8 Å². The molecule has 2 N–H and O–H groups in total. The van der Waals surface area contributed by atoms with Crippen LogP contribution in [0.25, 0.3) is 0 Å². The van der Waals surface area contributed by atoms with Crippen LogP contribution in [0.5, 0.6) is 5.75 Å². The average molecular weight is 504 g/mol. The van der Waals surface area contributed by atoms with Gasteiger partial charge in [-0.25, -0.2) is 4.79 Å². The predicted molar refractivity (Wildman–Crippen MR) is 139 cm³/mol. The summed E-state index contributed by atoms with van der Waals surface area (Å²) in [5.41, 5.74) is 3.33. The number of thiophene rings is 1. The van der Waals surface area contributed by atoms with Crippen molar-refractivity contribution >= 4 is 28.3 Å². The van der Waals surface area contributed by atoms with E-state index >= 15 is 0 Å². The monoisotopic (exact) mass is 503 g/mol. The second kappa shape index (κ2) is 11.7. The molecule has 3 amide bonds. The topological polar surface area (TPSA) is 107 Å². The summed E-state index contributed by atoms with van der Waals surface area (Å²) in [5.74, 6) is 0.577. The molecule has 0 spiro atoms. The maximum atomic E-state index is 12.9. The molecule has 1 atom stereocenters. The summed E-state index contributed by atoms with van der Waals surface area (Å²) in [4.78, 5) is 32.3. The number of nitrogens with one attached hydrogen (secondary N) is 2. The molecule has 36 heavy (non-hydrogen) atoms. The third-order valence-corrected chi connectivity index (χ3v) is 7.25. The van der Waals surface area contributed by atoms with Gasteiger partial charge in [0.05, 0.1) is 18.7 Å². The zero-order valence-corrected chi connectivity index (χ0v) is 21.2. The quantitative estimate of drug-likeness (QED) is 0.459. The zero-order valence-electron chi connectivity index (χ0n) is 20.4. The van der Waals surface area contributed by atoms with Crippen LogP contribution in [-0.4, -0.2) is 35.0 Å². The summed E-state index contributed by atoms with van der Waals surface area (Å²) in [6.45, 7) is 5.79. The zero-order chi connectivity index (χ0) is 25.5. The van der Waals surface area contributed by atoms with E-state index in [0.717, 1.165) is 27.3 Å². The number of nitriles is 1. The first-order valence-electron chi connectivity index (χ1n) is 12.0. The third-order valence-electron chi connectivity index (χ3n) is 6.12. The van der Waals surface area contributed by atoms with Crippen LogP contribution in [0.1, 0.15) is 53.3 Å². The maximum absolute atomic E-state index is 12.9. The summed E-state index contributed by atoms with van der Waals surface area (Å²) in [5, 5.41) is 16.2. The highest BCUT2D eigenvalue weighted by Crippen LogP contribution is 2.37. The molecule has 0 fully saturated rings. The van der Waals surface area contributed by atoms with E-state index in [-0.39, 0.29) is 24.3 Å². The van der Waals surface area contributed by atoms with Crippen LogP contribution in [0.4, 0.5) is 9.80 Å². The highest BCUT2D eigenvalue weighted by Gasteiger charge is 2.28. The van der Waals surface area contributed by atoms with Crippen molar-refractivity contribution in [3.05, 3.63) is 75.9 Å². The molecule has 2 aromatic heterocycles. The fourth-order valence-corrected chi connectivity index (χ4v) is 5.55. The number of anilines is 1.